The molecule has 2 rings (SSSR count). The Kier molecular flexibility index (Phi) is 1.89. The van der Waals surface area contributed by atoms with E-state index in [4.69, 9.17) is 4.42 Å². The Morgan fingerprint density at radius 1 is 1.43 bits per heavy atom. The van der Waals surface area contributed by atoms with Crippen LogP contribution in [-0.4, -0.2) is 11.3 Å². The number of aldehydes is 1. The van der Waals surface area contributed by atoms with E-state index in [1.54, 1.807) is 25.1 Å². The number of nitrogens with zero attached hydrogens (tertiary/aromatic N) is 1. The first-order chi connectivity index (χ1) is 6.72. The summed E-state index contributed by atoms with van der Waals surface area (Å²) in [6.45, 7) is 1.57. The van der Waals surface area contributed by atoms with Crippen LogP contribution in [0.15, 0.2) is 27.4 Å². The van der Waals surface area contributed by atoms with Crippen LogP contribution in [0.1, 0.15) is 16.2 Å². The number of fused-ring (bicyclic) bond motifs is 1. The lowest BCUT2D eigenvalue weighted by Gasteiger charge is -1.98. The van der Waals surface area contributed by atoms with Gasteiger partial charge in [-0.2, -0.15) is 0 Å². The van der Waals surface area contributed by atoms with E-state index < -0.39 is 5.63 Å². The fraction of sp³-hybridized carbons (Fsp3) is 0.100. The highest BCUT2D eigenvalue weighted by Crippen LogP contribution is 2.11. The SMILES string of the molecule is Cc1nc2c(C=O)cccc2c(=O)o1. The Bertz CT molecular complexity index is 557. The molecule has 0 spiro atoms. The minimum atomic E-state index is -0.462. The van der Waals surface area contributed by atoms with Gasteiger partial charge in [-0.1, -0.05) is 6.07 Å². The maximum absolute atomic E-state index is 11.3. The van der Waals surface area contributed by atoms with Gasteiger partial charge in [-0.25, -0.2) is 9.78 Å². The van der Waals surface area contributed by atoms with Crippen molar-refractivity contribution in [2.24, 2.45) is 0 Å². The smallest absolute Gasteiger partial charge is 0.346 e. The van der Waals surface area contributed by atoms with Gasteiger partial charge in [0.2, 0.25) is 0 Å². The first-order valence-corrected chi connectivity index (χ1v) is 4.08. The van der Waals surface area contributed by atoms with Gasteiger partial charge in [-0.15, -0.1) is 0 Å². The van der Waals surface area contributed by atoms with E-state index in [1.165, 1.54) is 0 Å². The number of aryl methyl sites for hydroxylation is 1. The van der Waals surface area contributed by atoms with Crippen molar-refractivity contribution in [2.45, 2.75) is 6.92 Å². The van der Waals surface area contributed by atoms with E-state index in [-0.39, 0.29) is 5.89 Å². The summed E-state index contributed by atoms with van der Waals surface area (Å²) in [6, 6.07) is 4.82. The summed E-state index contributed by atoms with van der Waals surface area (Å²) in [7, 11) is 0. The molecule has 0 saturated heterocycles. The third kappa shape index (κ3) is 1.21. The van der Waals surface area contributed by atoms with E-state index in [9.17, 15) is 9.59 Å². The highest BCUT2D eigenvalue weighted by Gasteiger charge is 2.06. The molecule has 2 aromatic rings. The fourth-order valence-corrected chi connectivity index (χ4v) is 1.32. The summed E-state index contributed by atoms with van der Waals surface area (Å²) in [6.07, 6.45) is 0.675. The minimum absolute atomic E-state index is 0.261. The predicted molar refractivity (Wildman–Crippen MR) is 50.4 cm³/mol. The van der Waals surface area contributed by atoms with E-state index in [0.717, 1.165) is 0 Å². The maximum Gasteiger partial charge on any atom is 0.346 e. The van der Waals surface area contributed by atoms with Crippen LogP contribution in [0.4, 0.5) is 0 Å². The van der Waals surface area contributed by atoms with Crippen LogP contribution in [0.3, 0.4) is 0 Å². The lowest BCUT2D eigenvalue weighted by Crippen LogP contribution is -2.04. The topological polar surface area (TPSA) is 60.2 Å². The van der Waals surface area contributed by atoms with Gasteiger partial charge in [0, 0.05) is 12.5 Å². The summed E-state index contributed by atoms with van der Waals surface area (Å²) >= 11 is 0. The zero-order valence-corrected chi connectivity index (χ0v) is 7.48. The van der Waals surface area contributed by atoms with E-state index >= 15 is 0 Å². The average molecular weight is 189 g/mol. The molecular formula is C10H7NO3. The van der Waals surface area contributed by atoms with E-state index in [0.29, 0.717) is 22.8 Å². The number of rotatable bonds is 1. The molecule has 1 aromatic heterocycles. The third-order valence-electron chi connectivity index (χ3n) is 1.92. The van der Waals surface area contributed by atoms with Crippen molar-refractivity contribution in [2.75, 3.05) is 0 Å². The summed E-state index contributed by atoms with van der Waals surface area (Å²) in [5.41, 5.74) is 0.339. The fourth-order valence-electron chi connectivity index (χ4n) is 1.32. The Labute approximate surface area is 79.2 Å². The number of aromatic nitrogens is 1. The summed E-state index contributed by atoms with van der Waals surface area (Å²) in [5.74, 6) is 0.261. The second kappa shape index (κ2) is 3.06. The van der Waals surface area contributed by atoms with Gasteiger partial charge in [0.1, 0.15) is 0 Å². The lowest BCUT2D eigenvalue weighted by molar-refractivity contribution is 0.112. The van der Waals surface area contributed by atoms with Crippen LogP contribution in [0, 0.1) is 6.92 Å². The van der Waals surface area contributed by atoms with Gasteiger partial charge in [-0.3, -0.25) is 4.79 Å². The van der Waals surface area contributed by atoms with Gasteiger partial charge >= 0.3 is 5.63 Å². The number of carbonyl (C=O) groups is 1. The summed E-state index contributed by atoms with van der Waals surface area (Å²) in [4.78, 5) is 26.0. The van der Waals surface area contributed by atoms with Gasteiger partial charge in [0.05, 0.1) is 10.9 Å². The molecule has 0 radical (unpaired) electrons. The molecule has 0 saturated carbocycles. The molecule has 0 N–H and O–H groups in total. The molecule has 0 aliphatic rings. The molecule has 0 unspecified atom stereocenters. The normalized spacial score (nSPS) is 10.4. The van der Waals surface area contributed by atoms with Gasteiger partial charge in [0.25, 0.3) is 0 Å². The standard InChI is InChI=1S/C10H7NO3/c1-6-11-9-7(5-12)3-2-4-8(9)10(13)14-6/h2-5H,1H3. The Hall–Kier alpha value is -1.97. The second-order valence-corrected chi connectivity index (χ2v) is 2.88. The van der Waals surface area contributed by atoms with Gasteiger partial charge in [-0.05, 0) is 12.1 Å². The number of benzene rings is 1. The maximum atomic E-state index is 11.3. The number of hydrogen-bond donors (Lipinski definition) is 0. The van der Waals surface area contributed by atoms with Crippen molar-refractivity contribution >= 4 is 17.2 Å². The molecule has 0 fully saturated rings. The first kappa shape index (κ1) is 8.62. The molecule has 1 heterocycles. The Balaban J connectivity index is 3.01. The molecule has 4 nitrogen and oxygen atoms in total. The van der Waals surface area contributed by atoms with Crippen molar-refractivity contribution in [3.8, 4) is 0 Å². The van der Waals surface area contributed by atoms with Gasteiger partial charge in [0.15, 0.2) is 12.2 Å². The summed E-state index contributed by atoms with van der Waals surface area (Å²) in [5, 5.41) is 0.334. The molecule has 0 atom stereocenters. The molecule has 0 bridgehead atoms. The zero-order valence-electron chi connectivity index (χ0n) is 7.48. The largest absolute Gasteiger partial charge is 0.408 e. The number of hydrogen-bond acceptors (Lipinski definition) is 4. The zero-order chi connectivity index (χ0) is 10.1. The quantitative estimate of drug-likeness (QED) is 0.634. The number of carbonyl (C=O) groups excluding carboxylic acids is 1. The van der Waals surface area contributed by atoms with Crippen molar-refractivity contribution in [1.29, 1.82) is 0 Å². The highest BCUT2D eigenvalue weighted by atomic mass is 16.4. The lowest BCUT2D eigenvalue weighted by atomic mass is 10.1. The van der Waals surface area contributed by atoms with E-state index in [2.05, 4.69) is 4.98 Å². The number of para-hydroxylation sites is 1. The predicted octanol–water partition coefficient (Wildman–Crippen LogP) is 1.31. The van der Waals surface area contributed by atoms with Crippen molar-refractivity contribution in [1.82, 2.24) is 4.98 Å². The monoisotopic (exact) mass is 189 g/mol. The van der Waals surface area contributed by atoms with Crippen molar-refractivity contribution in [3.63, 3.8) is 0 Å². The molecule has 0 amide bonds. The Morgan fingerprint density at radius 3 is 2.93 bits per heavy atom. The van der Waals surface area contributed by atoms with Crippen LogP contribution in [0.25, 0.3) is 10.9 Å². The Morgan fingerprint density at radius 2 is 2.21 bits per heavy atom. The minimum Gasteiger partial charge on any atom is -0.408 e. The highest BCUT2D eigenvalue weighted by molar-refractivity contribution is 5.94. The molecule has 70 valence electrons. The van der Waals surface area contributed by atoms with Crippen LogP contribution < -0.4 is 5.63 Å². The first-order valence-electron chi connectivity index (χ1n) is 4.08. The second-order valence-electron chi connectivity index (χ2n) is 2.88. The molecule has 14 heavy (non-hydrogen) atoms. The van der Waals surface area contributed by atoms with Crippen LogP contribution >= 0.6 is 0 Å². The molecular weight excluding hydrogens is 182 g/mol. The molecule has 4 heteroatoms. The van der Waals surface area contributed by atoms with Crippen LogP contribution in [0.5, 0.6) is 0 Å². The van der Waals surface area contributed by atoms with E-state index in [1.807, 2.05) is 0 Å². The molecule has 0 aliphatic heterocycles. The molecule has 0 aliphatic carbocycles. The average Bonchev–Trinajstić information content (AvgIpc) is 2.17. The van der Waals surface area contributed by atoms with Crippen molar-refractivity contribution < 1.29 is 9.21 Å². The summed E-state index contributed by atoms with van der Waals surface area (Å²) < 4.78 is 4.81. The van der Waals surface area contributed by atoms with Gasteiger partial charge < -0.3 is 4.42 Å². The van der Waals surface area contributed by atoms with Crippen LogP contribution in [-0.2, 0) is 0 Å². The molecule has 1 aromatic carbocycles. The van der Waals surface area contributed by atoms with Crippen molar-refractivity contribution in [3.05, 3.63) is 40.1 Å². The third-order valence-corrected chi connectivity index (χ3v) is 1.92. The van der Waals surface area contributed by atoms with Crippen LogP contribution in [0.2, 0.25) is 0 Å².